The molecule has 1 saturated carbocycles. The van der Waals surface area contributed by atoms with Crippen LogP contribution in [-0.4, -0.2) is 25.6 Å². The molecule has 4 atom stereocenters. The summed E-state index contributed by atoms with van der Waals surface area (Å²) in [4.78, 5) is 0. The summed E-state index contributed by atoms with van der Waals surface area (Å²) in [6.07, 6.45) is 0.879. The van der Waals surface area contributed by atoms with Crippen molar-refractivity contribution >= 4 is 8.32 Å². The van der Waals surface area contributed by atoms with Crippen molar-refractivity contribution in [1.82, 2.24) is 0 Å². The van der Waals surface area contributed by atoms with Gasteiger partial charge >= 0.3 is 0 Å². The Bertz CT molecular complexity index is 291. The molecule has 1 N–H and O–H groups in total. The van der Waals surface area contributed by atoms with Gasteiger partial charge in [-0.1, -0.05) is 34.6 Å². The van der Waals surface area contributed by atoms with Crippen LogP contribution in [0.1, 0.15) is 48.0 Å². The normalized spacial score (nSPS) is 38.2. The van der Waals surface area contributed by atoms with E-state index in [1.165, 1.54) is 0 Å². The third-order valence-corrected chi connectivity index (χ3v) is 10.2. The lowest BCUT2D eigenvalue weighted by atomic mass is 9.89. The smallest absolute Gasteiger partial charge is 0.191 e. The number of hydrogen-bond donors (Lipinski definition) is 1. The summed E-state index contributed by atoms with van der Waals surface area (Å²) in [5.41, 5.74) is -0.513. The van der Waals surface area contributed by atoms with E-state index < -0.39 is 13.9 Å². The topological polar surface area (TPSA) is 29.5 Å². The maximum atomic E-state index is 10.3. The predicted octanol–water partition coefficient (Wildman–Crippen LogP) is 4.05. The summed E-state index contributed by atoms with van der Waals surface area (Å²) in [6.45, 7) is 18.6. The molecule has 0 aromatic rings. The summed E-state index contributed by atoms with van der Waals surface area (Å²) in [5.74, 6) is 1.42. The van der Waals surface area contributed by atoms with Crippen molar-refractivity contribution in [3.05, 3.63) is 0 Å². The molecule has 2 nitrogen and oxygen atoms in total. The summed E-state index contributed by atoms with van der Waals surface area (Å²) >= 11 is 0. The lowest BCUT2D eigenvalue weighted by molar-refractivity contribution is 0.0191. The fraction of sp³-hybridized carbons (Fsp3) is 1.00. The van der Waals surface area contributed by atoms with Gasteiger partial charge in [-0.05, 0) is 49.2 Å². The van der Waals surface area contributed by atoms with Crippen molar-refractivity contribution in [2.75, 3.05) is 6.61 Å². The maximum absolute atomic E-state index is 10.3. The van der Waals surface area contributed by atoms with Gasteiger partial charge in [-0.15, -0.1) is 0 Å². The van der Waals surface area contributed by atoms with Gasteiger partial charge in [0.1, 0.15) is 0 Å². The van der Waals surface area contributed by atoms with Crippen molar-refractivity contribution in [2.24, 2.45) is 17.8 Å². The molecule has 1 aliphatic carbocycles. The second kappa shape index (κ2) is 4.91. The Labute approximate surface area is 114 Å². The fourth-order valence-corrected chi connectivity index (χ4v) is 3.68. The van der Waals surface area contributed by atoms with Crippen LogP contribution < -0.4 is 0 Å². The van der Waals surface area contributed by atoms with E-state index in [-0.39, 0.29) is 5.04 Å². The van der Waals surface area contributed by atoms with Crippen LogP contribution in [0.3, 0.4) is 0 Å². The van der Waals surface area contributed by atoms with E-state index in [9.17, 15) is 5.11 Å². The molecule has 3 heteroatoms. The largest absolute Gasteiger partial charge is 0.417 e. The lowest BCUT2D eigenvalue weighted by Gasteiger charge is -2.37. The van der Waals surface area contributed by atoms with E-state index in [1.807, 2.05) is 6.92 Å². The first-order valence-electron chi connectivity index (χ1n) is 7.25. The maximum Gasteiger partial charge on any atom is 0.191 e. The lowest BCUT2D eigenvalue weighted by Crippen LogP contribution is -2.42. The van der Waals surface area contributed by atoms with Crippen molar-refractivity contribution in [3.8, 4) is 0 Å². The van der Waals surface area contributed by atoms with Gasteiger partial charge in [0.2, 0.25) is 0 Å². The highest BCUT2D eigenvalue weighted by molar-refractivity contribution is 6.74. The molecule has 0 heterocycles. The summed E-state index contributed by atoms with van der Waals surface area (Å²) < 4.78 is 6.32. The molecule has 0 aromatic carbocycles. The highest BCUT2D eigenvalue weighted by atomic mass is 28.4. The first-order valence-corrected chi connectivity index (χ1v) is 10.2. The molecule has 0 amide bonds. The van der Waals surface area contributed by atoms with Crippen molar-refractivity contribution in [2.45, 2.75) is 71.7 Å². The highest BCUT2D eigenvalue weighted by Crippen LogP contribution is 2.45. The number of hydrogen-bond acceptors (Lipinski definition) is 2. The molecule has 108 valence electrons. The Morgan fingerprint density at radius 2 is 1.78 bits per heavy atom. The van der Waals surface area contributed by atoms with E-state index in [0.717, 1.165) is 13.0 Å². The molecule has 18 heavy (non-hydrogen) atoms. The highest BCUT2D eigenvalue weighted by Gasteiger charge is 2.46. The second-order valence-corrected chi connectivity index (χ2v) is 12.8. The zero-order chi connectivity index (χ0) is 14.4. The molecule has 1 aliphatic rings. The third-order valence-electron chi connectivity index (χ3n) is 5.65. The van der Waals surface area contributed by atoms with E-state index in [1.54, 1.807) is 0 Å². The van der Waals surface area contributed by atoms with Crippen LogP contribution in [0.2, 0.25) is 18.1 Å². The molecule has 2 unspecified atom stereocenters. The van der Waals surface area contributed by atoms with Gasteiger partial charge in [0.05, 0.1) is 5.60 Å². The molecule has 0 radical (unpaired) electrons. The van der Waals surface area contributed by atoms with Crippen LogP contribution >= 0.6 is 0 Å². The van der Waals surface area contributed by atoms with Gasteiger partial charge in [0.25, 0.3) is 0 Å². The molecule has 0 spiro atoms. The Kier molecular flexibility index (Phi) is 4.42. The van der Waals surface area contributed by atoms with Crippen LogP contribution in [0.15, 0.2) is 0 Å². The van der Waals surface area contributed by atoms with E-state index in [0.29, 0.717) is 17.8 Å². The molecule has 0 aliphatic heterocycles. The van der Waals surface area contributed by atoms with Gasteiger partial charge in [-0.25, -0.2) is 0 Å². The standard InChI is InChI=1S/C15H32O2Si/c1-11-12(2)15(6,16)9-13(11)10-17-18(7,8)14(3,4)5/h11-13,16H,9-10H2,1-8H3/t11-,12?,13+,15?/m1/s1. The minimum Gasteiger partial charge on any atom is -0.417 e. The van der Waals surface area contributed by atoms with Gasteiger partial charge in [0, 0.05) is 6.61 Å². The average molecular weight is 273 g/mol. The SMILES string of the molecule is CC1[C@@H](C)[C@H](CO[Si](C)(C)C(C)(C)C)CC1(C)O. The van der Waals surface area contributed by atoms with Crippen LogP contribution in [0.5, 0.6) is 0 Å². The van der Waals surface area contributed by atoms with Crippen LogP contribution in [0.25, 0.3) is 0 Å². The van der Waals surface area contributed by atoms with E-state index in [2.05, 4.69) is 47.7 Å². The minimum absolute atomic E-state index is 0.267. The van der Waals surface area contributed by atoms with Crippen molar-refractivity contribution in [1.29, 1.82) is 0 Å². The van der Waals surface area contributed by atoms with Crippen molar-refractivity contribution < 1.29 is 9.53 Å². The fourth-order valence-electron chi connectivity index (χ4n) is 2.62. The van der Waals surface area contributed by atoms with Gasteiger partial charge in [-0.2, -0.15) is 0 Å². The Morgan fingerprint density at radius 3 is 2.11 bits per heavy atom. The molecule has 1 rings (SSSR count). The summed E-state index contributed by atoms with van der Waals surface area (Å²) in [7, 11) is -1.65. The van der Waals surface area contributed by atoms with Crippen LogP contribution in [-0.2, 0) is 4.43 Å². The molecule has 0 saturated heterocycles. The van der Waals surface area contributed by atoms with Crippen molar-refractivity contribution in [3.63, 3.8) is 0 Å². The predicted molar refractivity (Wildman–Crippen MR) is 80.2 cm³/mol. The van der Waals surface area contributed by atoms with Gasteiger partial charge in [-0.3, -0.25) is 0 Å². The first kappa shape index (κ1) is 16.2. The molecular weight excluding hydrogens is 240 g/mol. The summed E-state index contributed by atoms with van der Waals surface area (Å²) in [5, 5.41) is 10.6. The third kappa shape index (κ3) is 3.17. The molecule has 0 bridgehead atoms. The minimum atomic E-state index is -1.65. The van der Waals surface area contributed by atoms with Crippen LogP contribution in [0.4, 0.5) is 0 Å². The average Bonchev–Trinajstić information content (AvgIpc) is 2.37. The van der Waals surface area contributed by atoms with E-state index >= 15 is 0 Å². The van der Waals surface area contributed by atoms with E-state index in [4.69, 9.17) is 4.43 Å². The zero-order valence-corrected chi connectivity index (χ0v) is 14.5. The first-order chi connectivity index (χ1) is 7.88. The number of aliphatic hydroxyl groups is 1. The quantitative estimate of drug-likeness (QED) is 0.785. The van der Waals surface area contributed by atoms with Crippen LogP contribution in [0, 0.1) is 17.8 Å². The second-order valence-electron chi connectivity index (χ2n) is 8.04. The Morgan fingerprint density at radius 1 is 1.28 bits per heavy atom. The Hall–Kier alpha value is 0.137. The number of rotatable bonds is 3. The molecular formula is C15H32O2Si. The monoisotopic (exact) mass is 272 g/mol. The van der Waals surface area contributed by atoms with Gasteiger partial charge < -0.3 is 9.53 Å². The zero-order valence-electron chi connectivity index (χ0n) is 13.5. The Balaban J connectivity index is 2.61. The summed E-state index contributed by atoms with van der Waals surface area (Å²) in [6, 6.07) is 0. The van der Waals surface area contributed by atoms with Gasteiger partial charge in [0.15, 0.2) is 8.32 Å². The molecule has 0 aromatic heterocycles. The molecule has 1 fully saturated rings.